The highest BCUT2D eigenvalue weighted by Gasteiger charge is 2.49. The van der Waals surface area contributed by atoms with Gasteiger partial charge in [-0.15, -0.1) is 0 Å². The highest BCUT2D eigenvalue weighted by Crippen LogP contribution is 2.50. The van der Waals surface area contributed by atoms with Crippen LogP contribution in [0.3, 0.4) is 0 Å². The number of ether oxygens (including phenoxy) is 1. The Morgan fingerprint density at radius 1 is 1.03 bits per heavy atom. The highest BCUT2D eigenvalue weighted by atomic mass is 35.5. The van der Waals surface area contributed by atoms with Crippen molar-refractivity contribution in [2.75, 3.05) is 0 Å². The number of hydrogen-bond acceptors (Lipinski definition) is 6. The molecular formula is C25H21Cl2F3N2O4S. The lowest BCUT2D eigenvalue weighted by molar-refractivity contribution is -0.0500. The summed E-state index contributed by atoms with van der Waals surface area (Å²) in [5.74, 6) is 0.114. The largest absolute Gasteiger partial charge is 0.534 e. The predicted octanol–water partition coefficient (Wildman–Crippen LogP) is 6.60. The minimum atomic E-state index is -5.88. The third-order valence-electron chi connectivity index (χ3n) is 6.28. The lowest BCUT2D eigenvalue weighted by atomic mass is 9.94. The second-order valence-electron chi connectivity index (χ2n) is 9.03. The van der Waals surface area contributed by atoms with E-state index < -0.39 is 26.9 Å². The monoisotopic (exact) mass is 572 g/mol. The summed E-state index contributed by atoms with van der Waals surface area (Å²) in [6, 6.07) is 12.1. The highest BCUT2D eigenvalue weighted by molar-refractivity contribution is 7.88. The van der Waals surface area contributed by atoms with Crippen molar-refractivity contribution in [3.05, 3.63) is 76.0 Å². The molecule has 0 saturated heterocycles. The van der Waals surface area contributed by atoms with Crippen molar-refractivity contribution in [1.29, 1.82) is 0 Å². The summed E-state index contributed by atoms with van der Waals surface area (Å²) in [6.07, 6.45) is 7.52. The van der Waals surface area contributed by atoms with Gasteiger partial charge in [-0.05, 0) is 60.6 Å². The molecule has 2 fully saturated rings. The number of benzene rings is 2. The van der Waals surface area contributed by atoms with Crippen molar-refractivity contribution < 1.29 is 30.5 Å². The number of aromatic nitrogens is 1. The summed E-state index contributed by atoms with van der Waals surface area (Å²) in [7, 11) is -5.88. The first-order chi connectivity index (χ1) is 17.5. The van der Waals surface area contributed by atoms with Crippen molar-refractivity contribution in [1.82, 2.24) is 10.3 Å². The lowest BCUT2D eigenvalue weighted by Crippen LogP contribution is -2.29. The first kappa shape index (κ1) is 26.1. The smallest absolute Gasteiger partial charge is 0.490 e. The number of nitrogens with zero attached hydrogens (tertiary/aromatic N) is 1. The van der Waals surface area contributed by atoms with Crippen LogP contribution in [-0.4, -0.2) is 25.0 Å². The Morgan fingerprint density at radius 3 is 2.43 bits per heavy atom. The molecule has 2 saturated carbocycles. The summed E-state index contributed by atoms with van der Waals surface area (Å²) in [4.78, 5) is 4.34. The van der Waals surface area contributed by atoms with Gasteiger partial charge in [0.05, 0.1) is 11.1 Å². The number of alkyl halides is 3. The normalized spacial score (nSPS) is 16.9. The molecule has 2 aliphatic rings. The van der Waals surface area contributed by atoms with E-state index in [0.717, 1.165) is 54.2 Å². The second kappa shape index (κ2) is 9.65. The SMILES string of the molecule is O=S(=O)(Oc1cc(Cl)c(CNC2(c3cnccc3-c3ccccc3OC3CC3)CC2)cc1Cl)C(F)(F)F. The third-order valence-corrected chi connectivity index (χ3v) is 7.90. The van der Waals surface area contributed by atoms with E-state index in [-0.39, 0.29) is 22.7 Å². The maximum absolute atomic E-state index is 12.7. The van der Waals surface area contributed by atoms with Gasteiger partial charge in [0, 0.05) is 41.1 Å². The minimum absolute atomic E-state index is 0.00895. The Bertz CT molecular complexity index is 1440. The second-order valence-corrected chi connectivity index (χ2v) is 11.4. The molecule has 196 valence electrons. The van der Waals surface area contributed by atoms with E-state index in [9.17, 15) is 21.6 Å². The van der Waals surface area contributed by atoms with Gasteiger partial charge in [0.2, 0.25) is 0 Å². The van der Waals surface area contributed by atoms with E-state index >= 15 is 0 Å². The molecule has 1 N–H and O–H groups in total. The zero-order valence-electron chi connectivity index (χ0n) is 19.2. The number of pyridine rings is 1. The molecule has 0 radical (unpaired) electrons. The fourth-order valence-corrected chi connectivity index (χ4v) is 4.99. The Morgan fingerprint density at radius 2 is 1.76 bits per heavy atom. The molecule has 6 nitrogen and oxygen atoms in total. The molecule has 0 amide bonds. The number of rotatable bonds is 9. The maximum atomic E-state index is 12.7. The molecule has 2 aliphatic carbocycles. The number of hydrogen-bond donors (Lipinski definition) is 1. The summed E-state index contributed by atoms with van der Waals surface area (Å²) in [5, 5.41) is 3.18. The Balaban J connectivity index is 1.38. The topological polar surface area (TPSA) is 77.5 Å². The molecule has 3 aromatic rings. The quantitative estimate of drug-likeness (QED) is 0.230. The van der Waals surface area contributed by atoms with Crippen LogP contribution in [0.25, 0.3) is 11.1 Å². The zero-order valence-corrected chi connectivity index (χ0v) is 21.5. The van der Waals surface area contributed by atoms with E-state index in [2.05, 4.69) is 14.5 Å². The molecule has 1 aromatic heterocycles. The maximum Gasteiger partial charge on any atom is 0.534 e. The standard InChI is InChI=1S/C25H21Cl2F3N2O4S/c26-20-12-23(36-37(33,34)25(28,29)30)21(27)11-15(20)13-32-24(8-9-24)19-14-31-10-7-17(19)18-3-1-2-4-22(18)35-16-5-6-16/h1-4,7,10-12,14,16,32H,5-6,8-9,13H2. The molecule has 0 unspecified atom stereocenters. The van der Waals surface area contributed by atoms with E-state index in [1.807, 2.05) is 36.5 Å². The molecule has 0 spiro atoms. The molecule has 0 bridgehead atoms. The first-order valence-corrected chi connectivity index (χ1v) is 13.6. The molecule has 12 heteroatoms. The predicted molar refractivity (Wildman–Crippen MR) is 133 cm³/mol. The van der Waals surface area contributed by atoms with Gasteiger partial charge in [-0.3, -0.25) is 4.98 Å². The Hall–Kier alpha value is -2.53. The van der Waals surface area contributed by atoms with Crippen LogP contribution in [0.15, 0.2) is 54.9 Å². The Kier molecular flexibility index (Phi) is 6.81. The van der Waals surface area contributed by atoms with E-state index in [1.54, 1.807) is 6.20 Å². The van der Waals surface area contributed by atoms with Crippen LogP contribution in [0.4, 0.5) is 13.2 Å². The van der Waals surface area contributed by atoms with Crippen LogP contribution in [0.1, 0.15) is 36.8 Å². The van der Waals surface area contributed by atoms with Crippen LogP contribution < -0.4 is 14.2 Å². The van der Waals surface area contributed by atoms with E-state index in [0.29, 0.717) is 5.56 Å². The zero-order chi connectivity index (χ0) is 26.4. The van der Waals surface area contributed by atoms with Gasteiger partial charge < -0.3 is 14.2 Å². The molecule has 1 heterocycles. The van der Waals surface area contributed by atoms with Crippen molar-refractivity contribution in [2.24, 2.45) is 0 Å². The minimum Gasteiger partial charge on any atom is -0.490 e. The van der Waals surface area contributed by atoms with E-state index in [1.165, 1.54) is 6.07 Å². The average Bonchev–Trinajstić information content (AvgIpc) is 3.77. The third kappa shape index (κ3) is 5.52. The molecule has 0 atom stereocenters. The summed E-state index contributed by atoms with van der Waals surface area (Å²) >= 11 is 12.3. The van der Waals surface area contributed by atoms with E-state index in [4.69, 9.17) is 27.9 Å². The summed E-state index contributed by atoms with van der Waals surface area (Å²) < 4.78 is 71.0. The number of nitrogens with one attached hydrogen (secondary N) is 1. The number of para-hydroxylation sites is 1. The average molecular weight is 573 g/mol. The summed E-state index contributed by atoms with van der Waals surface area (Å²) in [5.41, 5.74) is -2.58. The molecule has 0 aliphatic heterocycles. The van der Waals surface area contributed by atoms with Crippen molar-refractivity contribution in [2.45, 2.75) is 49.4 Å². The van der Waals surface area contributed by atoms with Crippen LogP contribution in [0, 0.1) is 0 Å². The van der Waals surface area contributed by atoms with Gasteiger partial charge in [0.1, 0.15) is 5.75 Å². The van der Waals surface area contributed by atoms with Gasteiger partial charge in [0.15, 0.2) is 5.75 Å². The van der Waals surface area contributed by atoms with Gasteiger partial charge in [-0.2, -0.15) is 21.6 Å². The fraction of sp³-hybridized carbons (Fsp3) is 0.320. The number of halogens is 5. The van der Waals surface area contributed by atoms with Gasteiger partial charge >= 0.3 is 15.6 Å². The van der Waals surface area contributed by atoms with Gasteiger partial charge in [0.25, 0.3) is 0 Å². The fourth-order valence-electron chi connectivity index (χ4n) is 4.03. The van der Waals surface area contributed by atoms with Gasteiger partial charge in [-0.1, -0.05) is 41.4 Å². The lowest BCUT2D eigenvalue weighted by Gasteiger charge is -2.23. The molecule has 5 rings (SSSR count). The van der Waals surface area contributed by atoms with Crippen molar-refractivity contribution in [3.8, 4) is 22.6 Å². The van der Waals surface area contributed by atoms with Crippen LogP contribution in [0.2, 0.25) is 10.0 Å². The van der Waals surface area contributed by atoms with Crippen molar-refractivity contribution >= 4 is 33.3 Å². The first-order valence-electron chi connectivity index (χ1n) is 11.4. The van der Waals surface area contributed by atoms with Crippen LogP contribution in [-0.2, 0) is 22.2 Å². The Labute approximate surface area is 221 Å². The van der Waals surface area contributed by atoms with Gasteiger partial charge in [-0.25, -0.2) is 0 Å². The van der Waals surface area contributed by atoms with Crippen LogP contribution in [0.5, 0.6) is 11.5 Å². The van der Waals surface area contributed by atoms with Crippen molar-refractivity contribution in [3.63, 3.8) is 0 Å². The molecule has 2 aromatic carbocycles. The molecule has 37 heavy (non-hydrogen) atoms. The molecular weight excluding hydrogens is 552 g/mol. The summed E-state index contributed by atoms with van der Waals surface area (Å²) in [6.45, 7) is 0.222. The van der Waals surface area contributed by atoms with Crippen LogP contribution >= 0.6 is 23.2 Å².